The van der Waals surface area contributed by atoms with Gasteiger partial charge >= 0.3 is 5.97 Å². The van der Waals surface area contributed by atoms with Gasteiger partial charge in [-0.25, -0.2) is 23.6 Å². The lowest BCUT2D eigenvalue weighted by Crippen LogP contribution is -2.53. The van der Waals surface area contributed by atoms with E-state index in [1.165, 1.54) is 0 Å². The van der Waals surface area contributed by atoms with E-state index >= 15 is 0 Å². The van der Waals surface area contributed by atoms with Crippen molar-refractivity contribution in [2.45, 2.75) is 81.4 Å². The lowest BCUT2D eigenvalue weighted by Gasteiger charge is -2.39. The Kier molecular flexibility index (Phi) is 6.48. The molecule has 4 rings (SSSR count). The van der Waals surface area contributed by atoms with Gasteiger partial charge in [-0.1, -0.05) is 19.3 Å². The number of carboxylic acids is 1. The van der Waals surface area contributed by atoms with Gasteiger partial charge in [-0.15, -0.1) is 0 Å². The molecule has 0 aromatic heterocycles. The van der Waals surface area contributed by atoms with Crippen LogP contribution in [-0.4, -0.2) is 61.8 Å². The summed E-state index contributed by atoms with van der Waals surface area (Å²) in [6.07, 6.45) is 7.45. The molecule has 3 saturated carbocycles. The predicted octanol–water partition coefficient (Wildman–Crippen LogP) is 0.367. The van der Waals surface area contributed by atoms with Gasteiger partial charge in [-0.2, -0.15) is 0 Å². The summed E-state index contributed by atoms with van der Waals surface area (Å²) in [5.41, 5.74) is 3.37. The maximum atomic E-state index is 13.3. The molecule has 10 heteroatoms. The number of carboxylic acid groups (broad SMARTS) is 1. The fourth-order valence-corrected chi connectivity index (χ4v) is 8.20. The lowest BCUT2D eigenvalue weighted by atomic mass is 9.75. The summed E-state index contributed by atoms with van der Waals surface area (Å²) in [7, 11) is -1.66. The zero-order valence-electron chi connectivity index (χ0n) is 17.1. The maximum absolute atomic E-state index is 13.3. The molecular weight excluding hydrogens is 394 g/mol. The first-order valence-corrected chi connectivity index (χ1v) is 12.6. The van der Waals surface area contributed by atoms with Gasteiger partial charge in [0.05, 0.1) is 17.8 Å². The highest BCUT2D eigenvalue weighted by Crippen LogP contribution is 2.47. The quantitative estimate of drug-likeness (QED) is 0.410. The number of nitrogens with one attached hydrogen (secondary N) is 4. The van der Waals surface area contributed by atoms with E-state index in [2.05, 4.69) is 25.8 Å². The Balaban J connectivity index is 1.41. The highest BCUT2D eigenvalue weighted by atomic mass is 32.2. The second kappa shape index (κ2) is 8.76. The third-order valence-electron chi connectivity index (χ3n) is 7.51. The molecule has 1 heterocycles. The minimum Gasteiger partial charge on any atom is -0.481 e. The number of hydrogen-bond acceptors (Lipinski definition) is 7. The van der Waals surface area contributed by atoms with Crippen LogP contribution in [0.25, 0.3) is 0 Å². The first-order valence-electron chi connectivity index (χ1n) is 11.0. The Morgan fingerprint density at radius 2 is 1.90 bits per heavy atom. The molecule has 3 aliphatic carbocycles. The van der Waals surface area contributed by atoms with Crippen LogP contribution >= 0.6 is 0 Å². The van der Waals surface area contributed by atoms with E-state index in [0.29, 0.717) is 6.42 Å². The van der Waals surface area contributed by atoms with Gasteiger partial charge in [0.15, 0.2) is 0 Å². The van der Waals surface area contributed by atoms with Crippen LogP contribution in [0.5, 0.6) is 0 Å². The summed E-state index contributed by atoms with van der Waals surface area (Å²) in [5.74, 6) is -1.03. The molecule has 0 bridgehead atoms. The molecule has 4 fully saturated rings. The maximum Gasteiger partial charge on any atom is 0.306 e. The number of aliphatic carboxylic acids is 1. The van der Waals surface area contributed by atoms with Crippen LogP contribution in [0.3, 0.4) is 0 Å². The molecule has 0 radical (unpaired) electrons. The highest BCUT2D eigenvalue weighted by Gasteiger charge is 2.48. The Hall–Kier alpha value is -0.780. The van der Waals surface area contributed by atoms with Gasteiger partial charge in [0, 0.05) is 12.1 Å². The minimum atomic E-state index is -3.55. The van der Waals surface area contributed by atoms with Crippen molar-refractivity contribution in [2.24, 2.45) is 17.8 Å². The highest BCUT2D eigenvalue weighted by molar-refractivity contribution is 7.90. The van der Waals surface area contributed by atoms with Gasteiger partial charge in [0.25, 0.3) is 0 Å². The summed E-state index contributed by atoms with van der Waals surface area (Å²) in [4.78, 5) is 11.6. The number of fused-ring (bicyclic) bond motifs is 1. The Bertz CT molecular complexity index is 705. The Morgan fingerprint density at radius 1 is 1.10 bits per heavy atom. The minimum absolute atomic E-state index is 0.0431. The molecule has 1 aliphatic heterocycles. The number of hydrogen-bond donors (Lipinski definition) is 5. The van der Waals surface area contributed by atoms with E-state index in [4.69, 9.17) is 0 Å². The zero-order chi connectivity index (χ0) is 20.6. The van der Waals surface area contributed by atoms with Crippen LogP contribution in [0.15, 0.2) is 0 Å². The van der Waals surface area contributed by atoms with E-state index in [1.54, 1.807) is 0 Å². The smallest absolute Gasteiger partial charge is 0.306 e. The Morgan fingerprint density at radius 3 is 2.62 bits per heavy atom. The zero-order valence-corrected chi connectivity index (χ0v) is 18.0. The van der Waals surface area contributed by atoms with Gasteiger partial charge < -0.3 is 5.11 Å². The molecule has 4 aliphatic rings. The molecule has 5 N–H and O–H groups in total. The van der Waals surface area contributed by atoms with Crippen molar-refractivity contribution in [2.75, 3.05) is 13.7 Å². The Labute approximate surface area is 173 Å². The molecule has 166 valence electrons. The summed E-state index contributed by atoms with van der Waals surface area (Å²) in [5, 5.41) is 17.6. The summed E-state index contributed by atoms with van der Waals surface area (Å²) >= 11 is 0. The van der Waals surface area contributed by atoms with Crippen LogP contribution in [0.4, 0.5) is 0 Å². The number of sulfonamides is 1. The SMILES string of the molecule is CNC1NCN(C2CCCC(NS(=O)(=O)C3CC(C(=O)O)CC4CCCC43)C2)N1. The first-order chi connectivity index (χ1) is 13.9. The molecule has 29 heavy (non-hydrogen) atoms. The predicted molar refractivity (Wildman–Crippen MR) is 109 cm³/mol. The summed E-state index contributed by atoms with van der Waals surface area (Å²) in [6.45, 7) is 0.725. The van der Waals surface area contributed by atoms with Gasteiger partial charge in [0.1, 0.15) is 6.29 Å². The van der Waals surface area contributed by atoms with Crippen molar-refractivity contribution in [3.8, 4) is 0 Å². The summed E-state index contributed by atoms with van der Waals surface area (Å²) in [6, 6.07) is 0.193. The van der Waals surface area contributed by atoms with Crippen molar-refractivity contribution in [3.05, 3.63) is 0 Å². The van der Waals surface area contributed by atoms with Crippen molar-refractivity contribution in [1.29, 1.82) is 0 Å². The average Bonchev–Trinajstić information content (AvgIpc) is 3.36. The topological polar surface area (TPSA) is 123 Å². The second-order valence-electron chi connectivity index (χ2n) is 9.26. The molecule has 7 unspecified atom stereocenters. The molecule has 7 atom stereocenters. The molecule has 0 aromatic carbocycles. The molecule has 0 aromatic rings. The molecular formula is C19H35N5O4S. The monoisotopic (exact) mass is 429 g/mol. The number of nitrogens with zero attached hydrogens (tertiary/aromatic N) is 1. The third-order valence-corrected chi connectivity index (χ3v) is 9.52. The molecule has 1 saturated heterocycles. The fourth-order valence-electron chi connectivity index (χ4n) is 6.04. The van der Waals surface area contributed by atoms with Crippen molar-refractivity contribution >= 4 is 16.0 Å². The lowest BCUT2D eigenvalue weighted by molar-refractivity contribution is -0.143. The van der Waals surface area contributed by atoms with E-state index < -0.39 is 27.2 Å². The van der Waals surface area contributed by atoms with E-state index in [-0.39, 0.29) is 36.6 Å². The molecule has 0 spiro atoms. The average molecular weight is 430 g/mol. The van der Waals surface area contributed by atoms with Crippen LogP contribution in [0, 0.1) is 17.8 Å². The van der Waals surface area contributed by atoms with Crippen LogP contribution in [0.1, 0.15) is 57.8 Å². The van der Waals surface area contributed by atoms with Crippen LogP contribution < -0.4 is 20.8 Å². The second-order valence-corrected chi connectivity index (χ2v) is 11.2. The number of carbonyl (C=O) groups is 1. The molecule has 9 nitrogen and oxygen atoms in total. The van der Waals surface area contributed by atoms with Gasteiger partial charge in [0.2, 0.25) is 10.0 Å². The first kappa shape index (κ1) is 21.5. The fraction of sp³-hybridized carbons (Fsp3) is 0.947. The van der Waals surface area contributed by atoms with E-state index in [1.807, 2.05) is 7.05 Å². The van der Waals surface area contributed by atoms with Crippen molar-refractivity contribution in [1.82, 2.24) is 25.8 Å². The van der Waals surface area contributed by atoms with Gasteiger partial charge in [-0.3, -0.25) is 15.4 Å². The van der Waals surface area contributed by atoms with Gasteiger partial charge in [-0.05, 0) is 57.4 Å². The van der Waals surface area contributed by atoms with Crippen LogP contribution in [-0.2, 0) is 14.8 Å². The number of rotatable bonds is 6. The third kappa shape index (κ3) is 4.62. The van der Waals surface area contributed by atoms with E-state index in [0.717, 1.165) is 51.6 Å². The van der Waals surface area contributed by atoms with E-state index in [9.17, 15) is 18.3 Å². The number of hydrazine groups is 1. The standard InChI is InChI=1S/C19H35N5O4S/c1-20-19-21-11-24(22-19)15-6-3-5-14(10-15)23-29(27,28)17-9-13(18(25)26)8-12-4-2-7-16(12)17/h12-17,19-23H,2-11H2,1H3,(H,25,26). The summed E-state index contributed by atoms with van der Waals surface area (Å²) < 4.78 is 29.7. The largest absolute Gasteiger partial charge is 0.481 e. The van der Waals surface area contributed by atoms with Crippen LogP contribution in [0.2, 0.25) is 0 Å². The normalized spacial score (nSPS) is 41.3. The molecule has 0 amide bonds. The van der Waals surface area contributed by atoms with Crippen molar-refractivity contribution in [3.63, 3.8) is 0 Å². The van der Waals surface area contributed by atoms with Crippen molar-refractivity contribution < 1.29 is 18.3 Å².